The first-order valence-electron chi connectivity index (χ1n) is 4.74. The Morgan fingerprint density at radius 2 is 2.25 bits per heavy atom. The quantitative estimate of drug-likeness (QED) is 0.510. The molecule has 16 heavy (non-hydrogen) atoms. The molecule has 0 aliphatic heterocycles. The number of halogens is 1. The van der Waals surface area contributed by atoms with Crippen LogP contribution in [0.3, 0.4) is 0 Å². The fourth-order valence-corrected chi connectivity index (χ4v) is 1.36. The molecule has 0 atom stereocenters. The minimum atomic E-state index is -0.481. The first-order valence-corrected chi connectivity index (χ1v) is 5.12. The lowest BCUT2D eigenvalue weighted by Crippen LogP contribution is -2.20. The van der Waals surface area contributed by atoms with Crippen LogP contribution in [0.1, 0.15) is 0 Å². The van der Waals surface area contributed by atoms with E-state index in [1.807, 2.05) is 0 Å². The fourth-order valence-electron chi connectivity index (χ4n) is 1.11. The Morgan fingerprint density at radius 3 is 2.88 bits per heavy atom. The van der Waals surface area contributed by atoms with E-state index in [-0.39, 0.29) is 6.61 Å². The third-order valence-corrected chi connectivity index (χ3v) is 2.11. The van der Waals surface area contributed by atoms with E-state index in [9.17, 15) is 4.79 Å². The van der Waals surface area contributed by atoms with Crippen molar-refractivity contribution in [3.05, 3.63) is 23.2 Å². The number of rotatable bonds is 6. The van der Waals surface area contributed by atoms with E-state index in [0.717, 1.165) is 5.69 Å². The molecule has 6 heteroatoms. The number of nitrogens with one attached hydrogen (secondary N) is 1. The van der Waals surface area contributed by atoms with E-state index in [4.69, 9.17) is 27.8 Å². The van der Waals surface area contributed by atoms with E-state index < -0.39 is 5.91 Å². The van der Waals surface area contributed by atoms with Gasteiger partial charge in [-0.05, 0) is 18.2 Å². The van der Waals surface area contributed by atoms with Crippen molar-refractivity contribution in [3.8, 4) is 0 Å². The topological polar surface area (TPSA) is 90.4 Å². The Balaban J connectivity index is 2.29. The van der Waals surface area contributed by atoms with Crippen LogP contribution in [-0.4, -0.2) is 25.7 Å². The largest absolute Gasteiger partial charge is 0.399 e. The van der Waals surface area contributed by atoms with Crippen molar-refractivity contribution < 1.29 is 9.53 Å². The predicted octanol–water partition coefficient (Wildman–Crippen LogP) is 0.836. The molecule has 5 N–H and O–H groups in total. The van der Waals surface area contributed by atoms with Gasteiger partial charge in [0.05, 0.1) is 17.3 Å². The zero-order valence-corrected chi connectivity index (χ0v) is 9.46. The maximum Gasteiger partial charge on any atom is 0.243 e. The van der Waals surface area contributed by atoms with E-state index in [2.05, 4.69) is 5.32 Å². The Hall–Kier alpha value is -1.46. The summed E-state index contributed by atoms with van der Waals surface area (Å²) in [5, 5.41) is 3.60. The summed E-state index contributed by atoms with van der Waals surface area (Å²) < 4.78 is 4.98. The zero-order valence-electron chi connectivity index (χ0n) is 8.70. The molecular formula is C10H14ClN3O2. The number of benzene rings is 1. The molecule has 0 radical (unpaired) electrons. The zero-order chi connectivity index (χ0) is 12.0. The lowest BCUT2D eigenvalue weighted by Gasteiger charge is -2.08. The monoisotopic (exact) mass is 243 g/mol. The van der Waals surface area contributed by atoms with Crippen LogP contribution in [0.4, 0.5) is 11.4 Å². The standard InChI is InChI=1S/C10H14ClN3O2/c11-8-5-7(12)1-2-9(8)14-3-4-16-6-10(13)15/h1-2,5,14H,3-4,6,12H2,(H2,13,15). The van der Waals surface area contributed by atoms with Crippen LogP contribution in [0.2, 0.25) is 5.02 Å². The van der Waals surface area contributed by atoms with Crippen molar-refractivity contribution in [2.75, 3.05) is 30.8 Å². The van der Waals surface area contributed by atoms with Crippen molar-refractivity contribution in [1.82, 2.24) is 0 Å². The van der Waals surface area contributed by atoms with Gasteiger partial charge in [0.2, 0.25) is 5.91 Å². The molecule has 1 rings (SSSR count). The lowest BCUT2D eigenvalue weighted by atomic mass is 10.3. The minimum Gasteiger partial charge on any atom is -0.399 e. The van der Waals surface area contributed by atoms with Gasteiger partial charge in [0.25, 0.3) is 0 Å². The molecule has 0 bridgehead atoms. The molecule has 1 aromatic rings. The molecule has 1 aromatic carbocycles. The molecule has 0 saturated heterocycles. The lowest BCUT2D eigenvalue weighted by molar-refractivity contribution is -0.122. The number of anilines is 2. The number of hydrogen-bond donors (Lipinski definition) is 3. The van der Waals surface area contributed by atoms with Gasteiger partial charge in [-0.3, -0.25) is 4.79 Å². The molecular weight excluding hydrogens is 230 g/mol. The van der Waals surface area contributed by atoms with E-state index in [1.165, 1.54) is 0 Å². The second-order valence-corrected chi connectivity index (χ2v) is 3.59. The first-order chi connectivity index (χ1) is 7.59. The number of amides is 1. The second kappa shape index (κ2) is 6.19. The Labute approximate surface area is 98.7 Å². The molecule has 0 spiro atoms. The van der Waals surface area contributed by atoms with Gasteiger partial charge in [0, 0.05) is 12.2 Å². The van der Waals surface area contributed by atoms with Crippen LogP contribution in [0.15, 0.2) is 18.2 Å². The van der Waals surface area contributed by atoms with Gasteiger partial charge in [0.15, 0.2) is 0 Å². The van der Waals surface area contributed by atoms with Crippen LogP contribution in [0.5, 0.6) is 0 Å². The molecule has 1 amide bonds. The average Bonchev–Trinajstić information content (AvgIpc) is 2.20. The van der Waals surface area contributed by atoms with Crippen LogP contribution in [-0.2, 0) is 9.53 Å². The second-order valence-electron chi connectivity index (χ2n) is 3.18. The highest BCUT2D eigenvalue weighted by molar-refractivity contribution is 6.33. The van der Waals surface area contributed by atoms with Crippen molar-refractivity contribution in [3.63, 3.8) is 0 Å². The number of nitrogen functional groups attached to an aromatic ring is 1. The van der Waals surface area contributed by atoms with Gasteiger partial charge >= 0.3 is 0 Å². The van der Waals surface area contributed by atoms with E-state index >= 15 is 0 Å². The van der Waals surface area contributed by atoms with Gasteiger partial charge in [-0.25, -0.2) is 0 Å². The Kier molecular flexibility index (Phi) is 4.88. The molecule has 0 aliphatic rings. The number of carbonyl (C=O) groups is 1. The number of carbonyl (C=O) groups excluding carboxylic acids is 1. The fraction of sp³-hybridized carbons (Fsp3) is 0.300. The molecule has 0 fully saturated rings. The molecule has 88 valence electrons. The predicted molar refractivity (Wildman–Crippen MR) is 64.4 cm³/mol. The third-order valence-electron chi connectivity index (χ3n) is 1.80. The van der Waals surface area contributed by atoms with Gasteiger partial charge in [-0.2, -0.15) is 0 Å². The molecule has 0 unspecified atom stereocenters. The number of primary amides is 1. The van der Waals surface area contributed by atoms with Gasteiger partial charge < -0.3 is 21.5 Å². The summed E-state index contributed by atoms with van der Waals surface area (Å²) in [6.07, 6.45) is 0. The summed E-state index contributed by atoms with van der Waals surface area (Å²) in [6, 6.07) is 5.19. The molecule has 5 nitrogen and oxygen atoms in total. The normalized spacial score (nSPS) is 10.1. The van der Waals surface area contributed by atoms with Gasteiger partial charge in [0.1, 0.15) is 6.61 Å². The highest BCUT2D eigenvalue weighted by Gasteiger charge is 1.99. The van der Waals surface area contributed by atoms with E-state index in [0.29, 0.717) is 23.9 Å². The maximum absolute atomic E-state index is 10.4. The SMILES string of the molecule is NC(=O)COCCNc1ccc(N)cc1Cl. The first kappa shape index (κ1) is 12.6. The molecule has 0 saturated carbocycles. The minimum absolute atomic E-state index is 0.0723. The summed E-state index contributed by atoms with van der Waals surface area (Å²) in [7, 11) is 0. The Morgan fingerprint density at radius 1 is 1.50 bits per heavy atom. The summed E-state index contributed by atoms with van der Waals surface area (Å²) in [5.41, 5.74) is 11.8. The molecule has 0 aromatic heterocycles. The van der Waals surface area contributed by atoms with Crippen LogP contribution in [0.25, 0.3) is 0 Å². The van der Waals surface area contributed by atoms with Crippen molar-refractivity contribution in [2.45, 2.75) is 0 Å². The summed E-state index contributed by atoms with van der Waals surface area (Å²) >= 11 is 5.94. The van der Waals surface area contributed by atoms with Gasteiger partial charge in [-0.1, -0.05) is 11.6 Å². The van der Waals surface area contributed by atoms with Crippen molar-refractivity contribution >= 4 is 28.9 Å². The highest BCUT2D eigenvalue weighted by atomic mass is 35.5. The summed E-state index contributed by atoms with van der Waals surface area (Å²) in [5.74, 6) is -0.481. The number of hydrogen-bond acceptors (Lipinski definition) is 4. The van der Waals surface area contributed by atoms with Crippen molar-refractivity contribution in [2.24, 2.45) is 5.73 Å². The Bertz CT molecular complexity index is 371. The summed E-state index contributed by atoms with van der Waals surface area (Å²) in [6.45, 7) is 0.845. The third kappa shape index (κ3) is 4.37. The van der Waals surface area contributed by atoms with Gasteiger partial charge in [-0.15, -0.1) is 0 Å². The number of ether oxygens (including phenoxy) is 1. The van der Waals surface area contributed by atoms with Crippen LogP contribution in [0, 0.1) is 0 Å². The van der Waals surface area contributed by atoms with E-state index in [1.54, 1.807) is 18.2 Å². The smallest absolute Gasteiger partial charge is 0.243 e. The summed E-state index contributed by atoms with van der Waals surface area (Å²) in [4.78, 5) is 10.4. The number of nitrogens with two attached hydrogens (primary N) is 2. The van der Waals surface area contributed by atoms with Crippen LogP contribution < -0.4 is 16.8 Å². The molecule has 0 aliphatic carbocycles. The highest BCUT2D eigenvalue weighted by Crippen LogP contribution is 2.23. The average molecular weight is 244 g/mol. The molecule has 0 heterocycles. The van der Waals surface area contributed by atoms with Crippen LogP contribution >= 0.6 is 11.6 Å². The maximum atomic E-state index is 10.4. The van der Waals surface area contributed by atoms with Crippen molar-refractivity contribution in [1.29, 1.82) is 0 Å².